The number of nitrogens with zero attached hydrogens (tertiary/aromatic N) is 2. The van der Waals surface area contributed by atoms with E-state index in [-0.39, 0.29) is 11.2 Å². The van der Waals surface area contributed by atoms with E-state index in [4.69, 9.17) is 16.3 Å². The Morgan fingerprint density at radius 3 is 2.29 bits per heavy atom. The van der Waals surface area contributed by atoms with Crippen LogP contribution >= 0.6 is 11.6 Å². The molecule has 0 aliphatic heterocycles. The second-order valence-corrected chi connectivity index (χ2v) is 8.91. The molecule has 1 heterocycles. The van der Waals surface area contributed by atoms with Gasteiger partial charge in [-0.2, -0.15) is 5.10 Å². The number of halogens is 1. The second-order valence-electron chi connectivity index (χ2n) is 8.55. The third kappa shape index (κ3) is 7.18. The van der Waals surface area contributed by atoms with Gasteiger partial charge < -0.3 is 14.8 Å². The minimum Gasteiger partial charge on any atom is -0.453 e. The van der Waals surface area contributed by atoms with E-state index < -0.39 is 17.8 Å². The SMILES string of the molecule is COC(=O)Nc1ccc(-c2cc(C[C@H](NC(=O)OC(C)(C)C)c3ccccc3)nnc2Cl)cc1. The first kappa shape index (κ1) is 25.0. The van der Waals surface area contributed by atoms with E-state index in [0.717, 1.165) is 11.1 Å². The highest BCUT2D eigenvalue weighted by Gasteiger charge is 2.22. The molecule has 8 nitrogen and oxygen atoms in total. The summed E-state index contributed by atoms with van der Waals surface area (Å²) in [5.74, 6) is 0. The van der Waals surface area contributed by atoms with Gasteiger partial charge in [-0.1, -0.05) is 54.1 Å². The summed E-state index contributed by atoms with van der Waals surface area (Å²) in [5, 5.41) is 14.1. The van der Waals surface area contributed by atoms with E-state index in [9.17, 15) is 9.59 Å². The van der Waals surface area contributed by atoms with E-state index in [0.29, 0.717) is 23.4 Å². The van der Waals surface area contributed by atoms with Gasteiger partial charge in [-0.15, -0.1) is 5.10 Å². The summed E-state index contributed by atoms with van der Waals surface area (Å²) in [6.07, 6.45) is -0.692. The Kier molecular flexibility index (Phi) is 8.07. The minimum absolute atomic E-state index is 0.244. The van der Waals surface area contributed by atoms with Crippen LogP contribution in [0.5, 0.6) is 0 Å². The van der Waals surface area contributed by atoms with Gasteiger partial charge >= 0.3 is 12.2 Å². The molecule has 1 atom stereocenters. The van der Waals surface area contributed by atoms with E-state index >= 15 is 0 Å². The second kappa shape index (κ2) is 11.0. The van der Waals surface area contributed by atoms with Crippen LogP contribution in [0.25, 0.3) is 11.1 Å². The van der Waals surface area contributed by atoms with Gasteiger partial charge in [-0.05, 0) is 50.1 Å². The van der Waals surface area contributed by atoms with Gasteiger partial charge in [0.1, 0.15) is 5.60 Å². The van der Waals surface area contributed by atoms with Gasteiger partial charge in [-0.3, -0.25) is 5.32 Å². The van der Waals surface area contributed by atoms with Crippen molar-refractivity contribution in [3.63, 3.8) is 0 Å². The molecular weight excluding hydrogens is 456 g/mol. The summed E-state index contributed by atoms with van der Waals surface area (Å²) < 4.78 is 10.0. The Hall–Kier alpha value is -3.65. The number of benzene rings is 2. The van der Waals surface area contributed by atoms with Crippen molar-refractivity contribution in [1.29, 1.82) is 0 Å². The molecule has 0 fully saturated rings. The van der Waals surface area contributed by atoms with E-state index in [1.54, 1.807) is 12.1 Å². The molecule has 34 heavy (non-hydrogen) atoms. The van der Waals surface area contributed by atoms with Gasteiger partial charge in [0.2, 0.25) is 0 Å². The number of aromatic nitrogens is 2. The van der Waals surface area contributed by atoms with Crippen LogP contribution in [0.2, 0.25) is 5.15 Å². The predicted molar refractivity (Wildman–Crippen MR) is 131 cm³/mol. The van der Waals surface area contributed by atoms with Crippen molar-refractivity contribution in [3.8, 4) is 11.1 Å². The highest BCUT2D eigenvalue weighted by atomic mass is 35.5. The van der Waals surface area contributed by atoms with Crippen molar-refractivity contribution in [2.45, 2.75) is 38.8 Å². The number of hydrogen-bond acceptors (Lipinski definition) is 6. The van der Waals surface area contributed by atoms with E-state index in [1.807, 2.05) is 69.3 Å². The van der Waals surface area contributed by atoms with Crippen molar-refractivity contribution >= 4 is 29.5 Å². The van der Waals surface area contributed by atoms with Crippen molar-refractivity contribution in [1.82, 2.24) is 15.5 Å². The van der Waals surface area contributed by atoms with Gasteiger partial charge in [0.25, 0.3) is 0 Å². The average molecular weight is 483 g/mol. The Morgan fingerprint density at radius 2 is 1.68 bits per heavy atom. The lowest BCUT2D eigenvalue weighted by atomic mass is 10.00. The molecule has 2 aromatic carbocycles. The first-order valence-corrected chi connectivity index (χ1v) is 11.0. The van der Waals surface area contributed by atoms with Crippen molar-refractivity contribution < 1.29 is 19.1 Å². The van der Waals surface area contributed by atoms with Crippen LogP contribution < -0.4 is 10.6 Å². The average Bonchev–Trinajstić information content (AvgIpc) is 2.79. The predicted octanol–water partition coefficient (Wildman–Crippen LogP) is 5.78. The van der Waals surface area contributed by atoms with Crippen LogP contribution in [0.15, 0.2) is 60.7 Å². The quantitative estimate of drug-likeness (QED) is 0.461. The number of carbonyl (C=O) groups is 2. The number of rotatable bonds is 6. The number of methoxy groups -OCH3 is 1. The molecule has 3 rings (SSSR count). The standard InChI is InChI=1S/C25H27ClN4O4/c1-25(2,3)34-24(32)28-21(17-8-6-5-7-9-17)15-19-14-20(22(26)30-29-19)16-10-12-18(13-11-16)27-23(31)33-4/h5-14,21H,15H2,1-4H3,(H,27,31)(H,28,32)/t21-/m0/s1. The van der Waals surface area contributed by atoms with E-state index in [1.165, 1.54) is 7.11 Å². The number of nitrogens with one attached hydrogen (secondary N) is 2. The molecule has 0 aliphatic rings. The van der Waals surface area contributed by atoms with Gasteiger partial charge in [0.05, 0.1) is 18.8 Å². The summed E-state index contributed by atoms with van der Waals surface area (Å²) >= 11 is 6.33. The zero-order chi connectivity index (χ0) is 24.7. The first-order chi connectivity index (χ1) is 16.1. The maximum atomic E-state index is 12.5. The van der Waals surface area contributed by atoms with Crippen LogP contribution in [-0.2, 0) is 15.9 Å². The summed E-state index contributed by atoms with van der Waals surface area (Å²) in [4.78, 5) is 23.9. The normalized spacial score (nSPS) is 11.9. The number of alkyl carbamates (subject to hydrolysis) is 1. The van der Waals surface area contributed by atoms with Crippen LogP contribution in [0, 0.1) is 0 Å². The molecule has 0 unspecified atom stereocenters. The van der Waals surface area contributed by atoms with Crippen LogP contribution in [0.3, 0.4) is 0 Å². The lowest BCUT2D eigenvalue weighted by Crippen LogP contribution is -2.35. The molecule has 0 aliphatic carbocycles. The smallest absolute Gasteiger partial charge is 0.411 e. The summed E-state index contributed by atoms with van der Waals surface area (Å²) in [6.45, 7) is 5.44. The number of hydrogen-bond donors (Lipinski definition) is 2. The van der Waals surface area contributed by atoms with Gasteiger partial charge in [0, 0.05) is 17.7 Å². The molecule has 0 saturated heterocycles. The fourth-order valence-corrected chi connectivity index (χ4v) is 3.42. The Morgan fingerprint density at radius 1 is 1.00 bits per heavy atom. The highest BCUT2D eigenvalue weighted by Crippen LogP contribution is 2.29. The molecule has 0 saturated carbocycles. The molecule has 0 bridgehead atoms. The molecule has 2 N–H and O–H groups in total. The minimum atomic E-state index is -0.618. The zero-order valence-corrected chi connectivity index (χ0v) is 20.2. The zero-order valence-electron chi connectivity index (χ0n) is 19.5. The lowest BCUT2D eigenvalue weighted by Gasteiger charge is -2.24. The molecule has 178 valence electrons. The van der Waals surface area contributed by atoms with Crippen molar-refractivity contribution in [3.05, 3.63) is 77.1 Å². The molecule has 2 amide bonds. The number of ether oxygens (including phenoxy) is 2. The number of amides is 2. The Bertz CT molecular complexity index is 1130. The van der Waals surface area contributed by atoms with Crippen LogP contribution in [0.1, 0.15) is 38.1 Å². The fourth-order valence-electron chi connectivity index (χ4n) is 3.22. The molecule has 0 radical (unpaired) electrons. The largest absolute Gasteiger partial charge is 0.453 e. The molecule has 3 aromatic rings. The third-order valence-electron chi connectivity index (χ3n) is 4.73. The molecule has 1 aromatic heterocycles. The molecule has 9 heteroatoms. The third-order valence-corrected chi connectivity index (χ3v) is 5.01. The summed E-state index contributed by atoms with van der Waals surface area (Å²) in [6, 6.07) is 18.1. The number of anilines is 1. The maximum Gasteiger partial charge on any atom is 0.411 e. The van der Waals surface area contributed by atoms with Crippen LogP contribution in [0.4, 0.5) is 15.3 Å². The fraction of sp³-hybridized carbons (Fsp3) is 0.280. The molecular formula is C25H27ClN4O4. The van der Waals surface area contributed by atoms with Gasteiger partial charge in [-0.25, -0.2) is 9.59 Å². The lowest BCUT2D eigenvalue weighted by molar-refractivity contribution is 0.0503. The monoisotopic (exact) mass is 482 g/mol. The maximum absolute atomic E-state index is 12.5. The van der Waals surface area contributed by atoms with Crippen molar-refractivity contribution in [2.24, 2.45) is 0 Å². The molecule has 0 spiro atoms. The first-order valence-electron chi connectivity index (χ1n) is 10.7. The van der Waals surface area contributed by atoms with Crippen LogP contribution in [-0.4, -0.2) is 35.1 Å². The van der Waals surface area contributed by atoms with E-state index in [2.05, 4.69) is 25.6 Å². The highest BCUT2D eigenvalue weighted by molar-refractivity contribution is 6.32. The topological polar surface area (TPSA) is 102 Å². The Balaban J connectivity index is 1.84. The Labute approximate surface area is 203 Å². The number of carbonyl (C=O) groups excluding carboxylic acids is 2. The summed E-state index contributed by atoms with van der Waals surface area (Å²) in [7, 11) is 1.30. The van der Waals surface area contributed by atoms with Gasteiger partial charge in [0.15, 0.2) is 5.15 Å². The summed E-state index contributed by atoms with van der Waals surface area (Å²) in [5.41, 5.74) is 2.99. The van der Waals surface area contributed by atoms with Crippen molar-refractivity contribution in [2.75, 3.05) is 12.4 Å².